The standard InChI is InChI=1S/C25H17ClN2O2/c1-28-23-12-9-17(4-2-5-19-6-3-13-27-16-19)14-21(23)24(29)22(25(28)30)15-18-7-10-20(26)11-8-18/h3,6-16H,5H2,1H3/b22-15+. The third kappa shape index (κ3) is 4.03. The molecule has 3 aromatic rings. The predicted octanol–water partition coefficient (Wildman–Crippen LogP) is 4.57. The second kappa shape index (κ2) is 8.36. The molecule has 0 saturated heterocycles. The highest BCUT2D eigenvalue weighted by atomic mass is 35.5. The van der Waals surface area contributed by atoms with Gasteiger partial charge in [0.25, 0.3) is 5.91 Å². The first-order chi connectivity index (χ1) is 14.5. The summed E-state index contributed by atoms with van der Waals surface area (Å²) in [7, 11) is 1.66. The lowest BCUT2D eigenvalue weighted by Crippen LogP contribution is -2.36. The van der Waals surface area contributed by atoms with Crippen molar-refractivity contribution in [2.24, 2.45) is 0 Å². The Morgan fingerprint density at radius 3 is 2.63 bits per heavy atom. The molecule has 1 amide bonds. The number of carbonyl (C=O) groups is 2. The highest BCUT2D eigenvalue weighted by Gasteiger charge is 2.32. The molecule has 0 saturated carbocycles. The van der Waals surface area contributed by atoms with Gasteiger partial charge in [0, 0.05) is 42.0 Å². The second-order valence-electron chi connectivity index (χ2n) is 6.87. The van der Waals surface area contributed by atoms with E-state index >= 15 is 0 Å². The number of halogens is 1. The molecular formula is C25H17ClN2O2. The van der Waals surface area contributed by atoms with E-state index in [2.05, 4.69) is 16.8 Å². The number of hydrogen-bond acceptors (Lipinski definition) is 3. The molecule has 0 fully saturated rings. The van der Waals surface area contributed by atoms with E-state index in [4.69, 9.17) is 11.6 Å². The van der Waals surface area contributed by atoms with E-state index in [0.717, 1.165) is 16.7 Å². The van der Waals surface area contributed by atoms with Crippen LogP contribution in [0, 0.1) is 11.8 Å². The number of rotatable bonds is 2. The lowest BCUT2D eigenvalue weighted by molar-refractivity contribution is -0.114. The maximum atomic E-state index is 13.1. The van der Waals surface area contributed by atoms with Gasteiger partial charge in [-0.2, -0.15) is 0 Å². The smallest absolute Gasteiger partial charge is 0.262 e. The number of fused-ring (bicyclic) bond motifs is 1. The molecule has 5 heteroatoms. The molecule has 2 heterocycles. The first-order valence-electron chi connectivity index (χ1n) is 9.35. The number of ketones is 1. The summed E-state index contributed by atoms with van der Waals surface area (Å²) in [5, 5.41) is 0.593. The van der Waals surface area contributed by atoms with Gasteiger partial charge in [0.2, 0.25) is 5.78 Å². The Hall–Kier alpha value is -3.68. The van der Waals surface area contributed by atoms with Gasteiger partial charge in [-0.15, -0.1) is 0 Å². The zero-order valence-corrected chi connectivity index (χ0v) is 17.0. The van der Waals surface area contributed by atoms with E-state index < -0.39 is 0 Å². The quantitative estimate of drug-likeness (QED) is 0.352. The molecular weight excluding hydrogens is 396 g/mol. The summed E-state index contributed by atoms with van der Waals surface area (Å²) >= 11 is 5.92. The summed E-state index contributed by atoms with van der Waals surface area (Å²) in [5.41, 5.74) is 3.65. The van der Waals surface area contributed by atoms with Gasteiger partial charge in [-0.3, -0.25) is 14.6 Å². The van der Waals surface area contributed by atoms with Crippen molar-refractivity contribution in [2.75, 3.05) is 11.9 Å². The Kier molecular flexibility index (Phi) is 5.47. The summed E-state index contributed by atoms with van der Waals surface area (Å²) in [4.78, 5) is 31.4. The van der Waals surface area contributed by atoms with Crippen LogP contribution in [0.4, 0.5) is 5.69 Å². The van der Waals surface area contributed by atoms with Gasteiger partial charge in [0.05, 0.1) is 11.3 Å². The molecule has 0 spiro atoms. The minimum absolute atomic E-state index is 0.118. The Morgan fingerprint density at radius 2 is 1.90 bits per heavy atom. The molecule has 0 bridgehead atoms. The Morgan fingerprint density at radius 1 is 1.10 bits per heavy atom. The molecule has 0 radical (unpaired) electrons. The number of hydrogen-bond donors (Lipinski definition) is 0. The van der Waals surface area contributed by atoms with Gasteiger partial charge in [-0.1, -0.05) is 41.6 Å². The minimum atomic E-state index is -0.335. The normalized spacial score (nSPS) is 14.3. The van der Waals surface area contributed by atoms with Crippen molar-refractivity contribution in [1.82, 2.24) is 4.98 Å². The number of likely N-dealkylation sites (N-methyl/N-ethyl adjacent to an activating group) is 1. The van der Waals surface area contributed by atoms with Gasteiger partial charge < -0.3 is 4.90 Å². The average molecular weight is 413 g/mol. The van der Waals surface area contributed by atoms with Crippen LogP contribution in [0.15, 0.2) is 72.6 Å². The number of benzene rings is 2. The molecule has 0 aliphatic carbocycles. The summed E-state index contributed by atoms with van der Waals surface area (Å²) < 4.78 is 0. The SMILES string of the molecule is CN1C(=O)/C(=C/c2ccc(Cl)cc2)C(=O)c2cc(C#CCc3cccnc3)ccc21. The summed E-state index contributed by atoms with van der Waals surface area (Å²) in [6.07, 6.45) is 5.67. The van der Waals surface area contributed by atoms with E-state index in [9.17, 15) is 9.59 Å². The molecule has 30 heavy (non-hydrogen) atoms. The van der Waals surface area contributed by atoms with E-state index in [1.807, 2.05) is 18.2 Å². The van der Waals surface area contributed by atoms with Crippen molar-refractivity contribution >= 4 is 35.1 Å². The van der Waals surface area contributed by atoms with Crippen LogP contribution in [0.2, 0.25) is 5.02 Å². The monoisotopic (exact) mass is 412 g/mol. The van der Waals surface area contributed by atoms with Crippen LogP contribution in [0.5, 0.6) is 0 Å². The zero-order valence-electron chi connectivity index (χ0n) is 16.2. The molecule has 1 aromatic heterocycles. The summed E-state index contributed by atoms with van der Waals surface area (Å²) in [5.74, 6) is 5.56. The van der Waals surface area contributed by atoms with Gasteiger partial charge in [0.15, 0.2) is 0 Å². The van der Waals surface area contributed by atoms with Crippen molar-refractivity contribution in [3.63, 3.8) is 0 Å². The Balaban J connectivity index is 1.66. The topological polar surface area (TPSA) is 50.3 Å². The number of anilines is 1. The zero-order chi connectivity index (χ0) is 21.1. The van der Waals surface area contributed by atoms with Crippen LogP contribution in [0.1, 0.15) is 27.0 Å². The van der Waals surface area contributed by atoms with E-state index in [1.54, 1.807) is 61.9 Å². The molecule has 4 rings (SSSR count). The van der Waals surface area contributed by atoms with Crippen molar-refractivity contribution in [1.29, 1.82) is 0 Å². The maximum Gasteiger partial charge on any atom is 0.262 e. The molecule has 2 aromatic carbocycles. The third-order valence-electron chi connectivity index (χ3n) is 4.81. The van der Waals surface area contributed by atoms with Crippen molar-refractivity contribution in [3.8, 4) is 11.8 Å². The van der Waals surface area contributed by atoms with Crippen LogP contribution >= 0.6 is 11.6 Å². The highest BCUT2D eigenvalue weighted by Crippen LogP contribution is 2.31. The number of nitrogens with zero attached hydrogens (tertiary/aromatic N) is 2. The van der Waals surface area contributed by atoms with Crippen LogP contribution in [0.3, 0.4) is 0 Å². The number of amides is 1. The van der Waals surface area contributed by atoms with Crippen LogP contribution in [-0.4, -0.2) is 23.7 Å². The minimum Gasteiger partial charge on any atom is -0.311 e. The van der Waals surface area contributed by atoms with Crippen LogP contribution in [-0.2, 0) is 11.2 Å². The first-order valence-corrected chi connectivity index (χ1v) is 9.72. The number of pyridine rings is 1. The van der Waals surface area contributed by atoms with Crippen molar-refractivity contribution < 1.29 is 9.59 Å². The van der Waals surface area contributed by atoms with Crippen molar-refractivity contribution in [2.45, 2.75) is 6.42 Å². The first kappa shape index (κ1) is 19.6. The summed E-state index contributed by atoms with van der Waals surface area (Å²) in [6.45, 7) is 0. The van der Waals surface area contributed by atoms with Gasteiger partial charge >= 0.3 is 0 Å². The number of aromatic nitrogens is 1. The van der Waals surface area contributed by atoms with Crippen molar-refractivity contribution in [3.05, 3.63) is 99.8 Å². The van der Waals surface area contributed by atoms with E-state index in [1.165, 1.54) is 4.90 Å². The molecule has 0 N–H and O–H groups in total. The van der Waals surface area contributed by atoms with Crippen LogP contribution < -0.4 is 4.90 Å². The Bertz CT molecular complexity index is 1220. The van der Waals surface area contributed by atoms with E-state index in [-0.39, 0.29) is 17.3 Å². The Labute approximate surface area is 179 Å². The number of carbonyl (C=O) groups excluding carboxylic acids is 2. The summed E-state index contributed by atoms with van der Waals surface area (Å²) in [6, 6.07) is 16.1. The molecule has 1 aliphatic heterocycles. The fraction of sp³-hybridized carbons (Fsp3) is 0.0800. The fourth-order valence-electron chi connectivity index (χ4n) is 3.22. The maximum absolute atomic E-state index is 13.1. The lowest BCUT2D eigenvalue weighted by Gasteiger charge is -2.26. The lowest BCUT2D eigenvalue weighted by atomic mass is 9.92. The van der Waals surface area contributed by atoms with Gasteiger partial charge in [-0.05, 0) is 53.6 Å². The molecule has 0 atom stereocenters. The average Bonchev–Trinajstić information content (AvgIpc) is 2.77. The molecule has 146 valence electrons. The predicted molar refractivity (Wildman–Crippen MR) is 118 cm³/mol. The molecule has 0 unspecified atom stereocenters. The fourth-order valence-corrected chi connectivity index (χ4v) is 3.35. The molecule has 1 aliphatic rings. The molecule has 4 nitrogen and oxygen atoms in total. The number of Topliss-reactive ketones (excluding diaryl/α,β-unsaturated/α-hetero) is 1. The van der Waals surface area contributed by atoms with Crippen LogP contribution in [0.25, 0.3) is 6.08 Å². The van der Waals surface area contributed by atoms with Gasteiger partial charge in [-0.25, -0.2) is 0 Å². The second-order valence-corrected chi connectivity index (χ2v) is 7.31. The van der Waals surface area contributed by atoms with Gasteiger partial charge in [0.1, 0.15) is 0 Å². The highest BCUT2D eigenvalue weighted by molar-refractivity contribution is 6.36. The third-order valence-corrected chi connectivity index (χ3v) is 5.06. The largest absolute Gasteiger partial charge is 0.311 e. The van der Waals surface area contributed by atoms with E-state index in [0.29, 0.717) is 22.7 Å².